The summed E-state index contributed by atoms with van der Waals surface area (Å²) in [5.74, 6) is -3.12. The summed E-state index contributed by atoms with van der Waals surface area (Å²) in [6.07, 6.45) is 3.14. The van der Waals surface area contributed by atoms with Gasteiger partial charge in [0.15, 0.2) is 5.78 Å². The van der Waals surface area contributed by atoms with E-state index in [4.69, 9.17) is 0 Å². The molecule has 2 heterocycles. The lowest BCUT2D eigenvalue weighted by atomic mass is 9.94. The van der Waals surface area contributed by atoms with Gasteiger partial charge in [-0.3, -0.25) is 9.59 Å². The van der Waals surface area contributed by atoms with Crippen LogP contribution in [0.1, 0.15) is 6.42 Å². The average molecular weight is 506 g/mol. The van der Waals surface area contributed by atoms with Crippen LogP contribution in [0.5, 0.6) is 0 Å². The average Bonchev–Trinajstić information content (AvgIpc) is 3.17. The van der Waals surface area contributed by atoms with E-state index < -0.39 is 23.3 Å². The monoisotopic (exact) mass is 506 g/mol. The van der Waals surface area contributed by atoms with E-state index in [1.807, 2.05) is 0 Å². The number of ketones is 1. The van der Waals surface area contributed by atoms with Gasteiger partial charge in [0.05, 0.1) is 6.54 Å². The Morgan fingerprint density at radius 3 is 2.14 bits per heavy atom. The van der Waals surface area contributed by atoms with E-state index in [1.165, 1.54) is 18.2 Å². The summed E-state index contributed by atoms with van der Waals surface area (Å²) in [4.78, 5) is 26.1. The van der Waals surface area contributed by atoms with E-state index in [1.54, 1.807) is 33.9 Å². The number of carbonyl (C=O) groups is 2. The van der Waals surface area contributed by atoms with Crippen LogP contribution < -0.4 is 0 Å². The van der Waals surface area contributed by atoms with Crippen LogP contribution in [0.4, 0.5) is 17.6 Å². The number of nitrogens with zero attached hydrogens (tertiary/aromatic N) is 2. The van der Waals surface area contributed by atoms with E-state index in [-0.39, 0.29) is 41.7 Å². The van der Waals surface area contributed by atoms with E-state index in [0.717, 1.165) is 24.3 Å². The van der Waals surface area contributed by atoms with Crippen molar-refractivity contribution in [3.8, 4) is 22.3 Å². The quantitative estimate of drug-likeness (QED) is 0.223. The lowest BCUT2D eigenvalue weighted by Crippen LogP contribution is -2.50. The number of fused-ring (bicyclic) bond motifs is 1. The lowest BCUT2D eigenvalue weighted by molar-refractivity contribution is -0.134. The molecule has 188 valence electrons. The van der Waals surface area contributed by atoms with Gasteiger partial charge in [0.1, 0.15) is 23.3 Å². The zero-order valence-corrected chi connectivity index (χ0v) is 19.7. The molecule has 4 nitrogen and oxygen atoms in total. The van der Waals surface area contributed by atoms with Gasteiger partial charge in [-0.05, 0) is 48.0 Å². The number of benzene rings is 3. The number of Topliss-reactive ketones (excluding diaryl/α,β-unsaturated/α-hetero) is 1. The number of hydrogen-bond donors (Lipinski definition) is 0. The molecular formula is C29H22F4N2O2. The molecule has 0 N–H and O–H groups in total. The normalized spacial score (nSPS) is 13.6. The Balaban J connectivity index is 1.50. The molecule has 0 radical (unpaired) electrons. The molecular weight excluding hydrogens is 484 g/mol. The molecule has 1 amide bonds. The van der Waals surface area contributed by atoms with Crippen molar-refractivity contribution in [2.75, 3.05) is 13.1 Å². The second-order valence-corrected chi connectivity index (χ2v) is 9.21. The topological polar surface area (TPSA) is 42.3 Å². The summed E-state index contributed by atoms with van der Waals surface area (Å²) in [6.45, 7) is 4.45. The number of amides is 1. The van der Waals surface area contributed by atoms with Crippen LogP contribution in [-0.4, -0.2) is 34.2 Å². The molecule has 0 aliphatic carbocycles. The second-order valence-electron chi connectivity index (χ2n) is 9.21. The van der Waals surface area contributed by atoms with Crippen LogP contribution in [-0.2, 0) is 16.1 Å². The second kappa shape index (κ2) is 9.69. The van der Waals surface area contributed by atoms with E-state index in [9.17, 15) is 27.2 Å². The Hall–Kier alpha value is -4.20. The first-order valence-electron chi connectivity index (χ1n) is 11.7. The molecule has 1 aliphatic rings. The molecule has 1 aliphatic heterocycles. The fourth-order valence-electron chi connectivity index (χ4n) is 4.83. The van der Waals surface area contributed by atoms with Crippen LogP contribution in [0.15, 0.2) is 73.4 Å². The molecule has 1 saturated heterocycles. The largest absolute Gasteiger partial charge is 0.339 e. The molecule has 4 aromatic rings. The standard InChI is InChI=1S/C29H22F4N2O2/c1-2-29(37)35-13-17(14-35)9-21(36)15-34-16-25(23-7-5-20(31)12-27(23)33)24-10-18(3-8-28(24)34)22-6-4-19(30)11-26(22)32/h2-8,10-12,16-17H,1,9,13-15H2. The molecule has 37 heavy (non-hydrogen) atoms. The van der Waals surface area contributed by atoms with Crippen molar-refractivity contribution in [1.29, 1.82) is 0 Å². The van der Waals surface area contributed by atoms with Crippen molar-refractivity contribution in [2.24, 2.45) is 5.92 Å². The Kier molecular flexibility index (Phi) is 6.41. The van der Waals surface area contributed by atoms with Gasteiger partial charge in [0.2, 0.25) is 5.91 Å². The maximum Gasteiger partial charge on any atom is 0.245 e. The predicted molar refractivity (Wildman–Crippen MR) is 133 cm³/mol. The molecule has 3 aromatic carbocycles. The molecule has 1 fully saturated rings. The highest BCUT2D eigenvalue weighted by molar-refractivity contribution is 5.99. The molecule has 1 aromatic heterocycles. The Morgan fingerprint density at radius 2 is 1.51 bits per heavy atom. The fourth-order valence-corrected chi connectivity index (χ4v) is 4.83. The molecule has 0 bridgehead atoms. The van der Waals surface area contributed by atoms with Gasteiger partial charge < -0.3 is 9.47 Å². The molecule has 5 rings (SSSR count). The lowest BCUT2D eigenvalue weighted by Gasteiger charge is -2.38. The minimum atomic E-state index is -0.773. The molecule has 0 atom stereocenters. The summed E-state index contributed by atoms with van der Waals surface area (Å²) >= 11 is 0. The van der Waals surface area contributed by atoms with Gasteiger partial charge >= 0.3 is 0 Å². The van der Waals surface area contributed by atoms with Crippen molar-refractivity contribution < 1.29 is 27.2 Å². The smallest absolute Gasteiger partial charge is 0.245 e. The number of hydrogen-bond acceptors (Lipinski definition) is 2. The zero-order chi connectivity index (χ0) is 26.3. The van der Waals surface area contributed by atoms with Crippen molar-refractivity contribution in [3.05, 3.63) is 96.7 Å². The maximum atomic E-state index is 14.8. The van der Waals surface area contributed by atoms with Crippen LogP contribution >= 0.6 is 0 Å². The van der Waals surface area contributed by atoms with E-state index >= 15 is 0 Å². The Bertz CT molecular complexity index is 1550. The van der Waals surface area contributed by atoms with Gasteiger partial charge in [-0.2, -0.15) is 0 Å². The highest BCUT2D eigenvalue weighted by Gasteiger charge is 2.31. The number of likely N-dealkylation sites (tertiary alicyclic amines) is 1. The molecule has 0 unspecified atom stereocenters. The zero-order valence-electron chi connectivity index (χ0n) is 19.7. The van der Waals surface area contributed by atoms with Crippen molar-refractivity contribution in [3.63, 3.8) is 0 Å². The summed E-state index contributed by atoms with van der Waals surface area (Å²) < 4.78 is 58.0. The molecule has 0 saturated carbocycles. The molecule has 8 heteroatoms. The first-order chi connectivity index (χ1) is 17.7. The minimum absolute atomic E-state index is 0.00940. The fraction of sp³-hybridized carbons (Fsp3) is 0.172. The van der Waals surface area contributed by atoms with Crippen LogP contribution in [0.2, 0.25) is 0 Å². The third kappa shape index (κ3) is 4.79. The van der Waals surface area contributed by atoms with E-state index in [2.05, 4.69) is 6.58 Å². The third-order valence-electron chi connectivity index (χ3n) is 6.65. The Labute approximate surface area is 210 Å². The number of aromatic nitrogens is 1. The summed E-state index contributed by atoms with van der Waals surface area (Å²) in [5, 5.41) is 0.533. The molecule has 0 spiro atoms. The van der Waals surface area contributed by atoms with Crippen molar-refractivity contribution in [1.82, 2.24) is 9.47 Å². The summed E-state index contributed by atoms with van der Waals surface area (Å²) in [5.41, 5.74) is 1.76. The van der Waals surface area contributed by atoms with Gasteiger partial charge in [0.25, 0.3) is 0 Å². The van der Waals surface area contributed by atoms with Crippen LogP contribution in [0.25, 0.3) is 33.2 Å². The third-order valence-corrected chi connectivity index (χ3v) is 6.65. The summed E-state index contributed by atoms with van der Waals surface area (Å²) in [7, 11) is 0. The van der Waals surface area contributed by atoms with Gasteiger partial charge in [-0.1, -0.05) is 12.6 Å². The number of carbonyl (C=O) groups excluding carboxylic acids is 2. The van der Waals surface area contributed by atoms with E-state index in [0.29, 0.717) is 35.1 Å². The summed E-state index contributed by atoms with van der Waals surface area (Å²) in [6, 6.07) is 11.5. The van der Waals surface area contributed by atoms with Crippen LogP contribution in [0, 0.1) is 29.2 Å². The SMILES string of the molecule is C=CC(=O)N1CC(CC(=O)Cn2cc(-c3ccc(F)cc3F)c3cc(-c4ccc(F)cc4F)ccc32)C1. The van der Waals surface area contributed by atoms with Gasteiger partial charge in [-0.25, -0.2) is 17.6 Å². The highest BCUT2D eigenvalue weighted by atomic mass is 19.1. The van der Waals surface area contributed by atoms with Crippen LogP contribution in [0.3, 0.4) is 0 Å². The first kappa shape index (κ1) is 24.5. The number of rotatable bonds is 7. The predicted octanol–water partition coefficient (Wildman–Crippen LogP) is 6.14. The minimum Gasteiger partial charge on any atom is -0.339 e. The van der Waals surface area contributed by atoms with Gasteiger partial charge in [0, 0.05) is 71.4 Å². The number of halogens is 4. The first-order valence-corrected chi connectivity index (χ1v) is 11.7. The maximum absolute atomic E-state index is 14.8. The Morgan fingerprint density at radius 1 is 0.865 bits per heavy atom. The highest BCUT2D eigenvalue weighted by Crippen LogP contribution is 2.36. The van der Waals surface area contributed by atoms with Crippen molar-refractivity contribution >= 4 is 22.6 Å². The van der Waals surface area contributed by atoms with Gasteiger partial charge in [-0.15, -0.1) is 0 Å². The van der Waals surface area contributed by atoms with Crippen molar-refractivity contribution in [2.45, 2.75) is 13.0 Å².